The number of hydrazone groups is 1. The van der Waals surface area contributed by atoms with Crippen molar-refractivity contribution >= 4 is 35.3 Å². The molecule has 0 aliphatic rings. The Balaban J connectivity index is 1.63. The maximum absolute atomic E-state index is 12.3. The number of benzene rings is 3. The summed E-state index contributed by atoms with van der Waals surface area (Å²) in [6.07, 6.45) is 1.40. The molecule has 2 N–H and O–H groups in total. The first-order valence-corrected chi connectivity index (χ1v) is 10.7. The van der Waals surface area contributed by atoms with Crippen molar-refractivity contribution in [3.63, 3.8) is 0 Å². The van der Waals surface area contributed by atoms with Crippen molar-refractivity contribution in [2.75, 3.05) is 26.6 Å². The van der Waals surface area contributed by atoms with Crippen molar-refractivity contribution in [3.05, 3.63) is 76.8 Å². The molecule has 0 saturated carbocycles. The standard InChI is InChI=1S/C25H24ClN3O6/c1-32-18-9-11-23(34-3)20(13-18)28-24(30)25(31)29-27-14-16-8-10-21(33-2)17(12-16)15-35-22-7-5-4-6-19(22)26/h4-14H,15H2,1-3H3,(H,28,30)(H,29,31)/b27-14+. The second-order valence-electron chi connectivity index (χ2n) is 7.01. The number of carbonyl (C=O) groups is 2. The number of hydrogen-bond donors (Lipinski definition) is 2. The van der Waals surface area contributed by atoms with Crippen molar-refractivity contribution < 1.29 is 28.5 Å². The number of carbonyl (C=O) groups excluding carboxylic acids is 2. The minimum Gasteiger partial charge on any atom is -0.497 e. The molecule has 0 radical (unpaired) electrons. The highest BCUT2D eigenvalue weighted by atomic mass is 35.5. The quantitative estimate of drug-likeness (QED) is 0.262. The van der Waals surface area contributed by atoms with Crippen LogP contribution in [0.1, 0.15) is 11.1 Å². The fraction of sp³-hybridized carbons (Fsp3) is 0.160. The van der Waals surface area contributed by atoms with Gasteiger partial charge in [0.25, 0.3) is 0 Å². The minimum atomic E-state index is -0.957. The largest absolute Gasteiger partial charge is 0.497 e. The van der Waals surface area contributed by atoms with Crippen LogP contribution in [0.25, 0.3) is 0 Å². The van der Waals surface area contributed by atoms with E-state index in [9.17, 15) is 9.59 Å². The van der Waals surface area contributed by atoms with Gasteiger partial charge in [0.2, 0.25) is 0 Å². The van der Waals surface area contributed by atoms with Crippen LogP contribution in [-0.2, 0) is 16.2 Å². The molecule has 3 rings (SSSR count). The Kier molecular flexibility index (Phi) is 8.91. The molecule has 182 valence electrons. The van der Waals surface area contributed by atoms with Gasteiger partial charge in [0, 0.05) is 11.6 Å². The first-order valence-electron chi connectivity index (χ1n) is 10.4. The highest BCUT2D eigenvalue weighted by molar-refractivity contribution is 6.39. The first-order chi connectivity index (χ1) is 16.9. The van der Waals surface area contributed by atoms with E-state index in [0.29, 0.717) is 33.6 Å². The average Bonchev–Trinajstić information content (AvgIpc) is 2.88. The Morgan fingerprint density at radius 1 is 0.886 bits per heavy atom. The van der Waals surface area contributed by atoms with Crippen LogP contribution in [-0.4, -0.2) is 39.4 Å². The molecule has 0 spiro atoms. The Hall–Kier alpha value is -4.24. The molecule has 0 unspecified atom stereocenters. The van der Waals surface area contributed by atoms with Crippen molar-refractivity contribution in [3.8, 4) is 23.0 Å². The summed E-state index contributed by atoms with van der Waals surface area (Å²) in [4.78, 5) is 24.5. The summed E-state index contributed by atoms with van der Waals surface area (Å²) in [5.41, 5.74) is 3.88. The van der Waals surface area contributed by atoms with E-state index in [0.717, 1.165) is 5.56 Å². The fourth-order valence-electron chi connectivity index (χ4n) is 3.02. The third kappa shape index (κ3) is 6.87. The molecule has 3 aromatic rings. The molecule has 0 fully saturated rings. The van der Waals surface area contributed by atoms with Gasteiger partial charge in [-0.05, 0) is 48.0 Å². The monoisotopic (exact) mass is 497 g/mol. The lowest BCUT2D eigenvalue weighted by atomic mass is 10.1. The third-order valence-electron chi connectivity index (χ3n) is 4.77. The van der Waals surface area contributed by atoms with E-state index < -0.39 is 11.8 Å². The Bertz CT molecular complexity index is 1230. The number of halogens is 1. The van der Waals surface area contributed by atoms with Crippen molar-refractivity contribution in [2.45, 2.75) is 6.61 Å². The van der Waals surface area contributed by atoms with Crippen LogP contribution in [0.3, 0.4) is 0 Å². The van der Waals surface area contributed by atoms with Crippen molar-refractivity contribution in [2.24, 2.45) is 5.10 Å². The van der Waals surface area contributed by atoms with Gasteiger partial charge in [-0.2, -0.15) is 5.10 Å². The molecular weight excluding hydrogens is 474 g/mol. The maximum atomic E-state index is 12.3. The van der Waals surface area contributed by atoms with E-state index in [1.165, 1.54) is 26.5 Å². The second kappa shape index (κ2) is 12.3. The molecular formula is C25H24ClN3O6. The maximum Gasteiger partial charge on any atom is 0.329 e. The summed E-state index contributed by atoms with van der Waals surface area (Å²) in [5, 5.41) is 6.83. The molecule has 35 heavy (non-hydrogen) atoms. The van der Waals surface area contributed by atoms with E-state index in [-0.39, 0.29) is 12.3 Å². The van der Waals surface area contributed by atoms with Gasteiger partial charge in [-0.15, -0.1) is 0 Å². The van der Waals surface area contributed by atoms with E-state index in [1.807, 2.05) is 12.1 Å². The number of nitrogens with one attached hydrogen (secondary N) is 2. The molecule has 9 nitrogen and oxygen atoms in total. The summed E-state index contributed by atoms with van der Waals surface area (Å²) in [5.74, 6) is 0.152. The molecule has 0 heterocycles. The van der Waals surface area contributed by atoms with E-state index in [4.69, 9.17) is 30.5 Å². The average molecular weight is 498 g/mol. The molecule has 0 atom stereocenters. The fourth-order valence-corrected chi connectivity index (χ4v) is 3.21. The van der Waals surface area contributed by atoms with E-state index >= 15 is 0 Å². The second-order valence-corrected chi connectivity index (χ2v) is 7.42. The number of hydrogen-bond acceptors (Lipinski definition) is 7. The van der Waals surface area contributed by atoms with Crippen LogP contribution in [0.2, 0.25) is 5.02 Å². The van der Waals surface area contributed by atoms with Crippen LogP contribution in [0, 0.1) is 0 Å². The molecule has 0 bridgehead atoms. The number of nitrogens with zero attached hydrogens (tertiary/aromatic N) is 1. The Morgan fingerprint density at radius 3 is 2.34 bits per heavy atom. The number of para-hydroxylation sites is 1. The molecule has 10 heteroatoms. The van der Waals surface area contributed by atoms with E-state index in [1.54, 1.807) is 49.6 Å². The lowest BCUT2D eigenvalue weighted by Crippen LogP contribution is -2.32. The SMILES string of the molecule is COc1ccc(OC)c(NC(=O)C(=O)N/N=C/c2ccc(OC)c(COc3ccccc3Cl)c2)c1. The van der Waals surface area contributed by atoms with Crippen molar-refractivity contribution in [1.82, 2.24) is 5.43 Å². The van der Waals surface area contributed by atoms with Gasteiger partial charge < -0.3 is 24.3 Å². The molecule has 0 aromatic heterocycles. The molecule has 3 aromatic carbocycles. The van der Waals surface area contributed by atoms with Gasteiger partial charge in [-0.25, -0.2) is 5.43 Å². The molecule has 2 amide bonds. The molecule has 0 saturated heterocycles. The lowest BCUT2D eigenvalue weighted by molar-refractivity contribution is -0.136. The molecule has 0 aliphatic carbocycles. The van der Waals surface area contributed by atoms with Gasteiger partial charge in [0.15, 0.2) is 0 Å². The number of ether oxygens (including phenoxy) is 4. The van der Waals surface area contributed by atoms with E-state index in [2.05, 4.69) is 15.8 Å². The smallest absolute Gasteiger partial charge is 0.329 e. The zero-order valence-electron chi connectivity index (χ0n) is 19.3. The number of rotatable bonds is 9. The summed E-state index contributed by atoms with van der Waals surface area (Å²) in [6.45, 7) is 0.200. The van der Waals surface area contributed by atoms with Crippen LogP contribution in [0.5, 0.6) is 23.0 Å². The normalized spacial score (nSPS) is 10.5. The Morgan fingerprint density at radius 2 is 1.63 bits per heavy atom. The molecule has 0 aliphatic heterocycles. The predicted molar refractivity (Wildman–Crippen MR) is 133 cm³/mol. The third-order valence-corrected chi connectivity index (χ3v) is 5.08. The topological polar surface area (TPSA) is 107 Å². The summed E-state index contributed by atoms with van der Waals surface area (Å²) in [7, 11) is 4.49. The summed E-state index contributed by atoms with van der Waals surface area (Å²) < 4.78 is 21.5. The highest BCUT2D eigenvalue weighted by Gasteiger charge is 2.16. The number of amides is 2. The van der Waals surface area contributed by atoms with Gasteiger partial charge in [-0.1, -0.05) is 23.7 Å². The van der Waals surface area contributed by atoms with Gasteiger partial charge >= 0.3 is 11.8 Å². The van der Waals surface area contributed by atoms with Gasteiger partial charge in [-0.3, -0.25) is 9.59 Å². The predicted octanol–water partition coefficient (Wildman–Crippen LogP) is 4.03. The summed E-state index contributed by atoms with van der Waals surface area (Å²) in [6, 6.07) is 17.2. The van der Waals surface area contributed by atoms with Crippen LogP contribution in [0.4, 0.5) is 5.69 Å². The Labute approximate surface area is 207 Å². The van der Waals surface area contributed by atoms with Gasteiger partial charge in [0.1, 0.15) is 29.6 Å². The summed E-state index contributed by atoms with van der Waals surface area (Å²) >= 11 is 6.14. The van der Waals surface area contributed by atoms with Gasteiger partial charge in [0.05, 0.1) is 38.3 Å². The number of anilines is 1. The zero-order valence-corrected chi connectivity index (χ0v) is 20.1. The first kappa shape index (κ1) is 25.4. The van der Waals surface area contributed by atoms with Crippen LogP contribution >= 0.6 is 11.6 Å². The van der Waals surface area contributed by atoms with Crippen LogP contribution in [0.15, 0.2) is 65.8 Å². The highest BCUT2D eigenvalue weighted by Crippen LogP contribution is 2.29. The van der Waals surface area contributed by atoms with Crippen LogP contribution < -0.4 is 29.7 Å². The minimum absolute atomic E-state index is 0.200. The van der Waals surface area contributed by atoms with Crippen molar-refractivity contribution in [1.29, 1.82) is 0 Å². The zero-order chi connectivity index (χ0) is 25.2. The number of methoxy groups -OCH3 is 3. The lowest BCUT2D eigenvalue weighted by Gasteiger charge is -2.12.